The molecule has 0 fully saturated rings. The van der Waals surface area contributed by atoms with Crippen molar-refractivity contribution in [3.05, 3.63) is 40.5 Å². The lowest BCUT2D eigenvalue weighted by molar-refractivity contribution is 0.370. The monoisotopic (exact) mass is 369 g/mol. The van der Waals surface area contributed by atoms with Crippen LogP contribution in [0, 0.1) is 0 Å². The normalized spacial score (nSPS) is 11.2. The van der Waals surface area contributed by atoms with Gasteiger partial charge >= 0.3 is 0 Å². The largest absolute Gasteiger partial charge is 0.339 e. The van der Waals surface area contributed by atoms with E-state index in [0.717, 1.165) is 41.3 Å². The van der Waals surface area contributed by atoms with Gasteiger partial charge in [0.05, 0.1) is 5.75 Å². The van der Waals surface area contributed by atoms with Gasteiger partial charge in [0.25, 0.3) is 0 Å². The molecule has 0 aliphatic heterocycles. The second-order valence-corrected chi connectivity index (χ2v) is 7.02. The topological polar surface area (TPSA) is 51.0 Å². The third-order valence-corrected chi connectivity index (χ3v) is 4.35. The van der Waals surface area contributed by atoms with Gasteiger partial charge in [-0.05, 0) is 37.2 Å². The van der Waals surface area contributed by atoms with E-state index in [-0.39, 0.29) is 0 Å². The minimum Gasteiger partial charge on any atom is -0.339 e. The number of nitrogens with zero attached hydrogens (tertiary/aromatic N) is 2. The molecule has 21 heavy (non-hydrogen) atoms. The number of aryl methyl sites for hydroxylation is 1. The number of hydrogen-bond acceptors (Lipinski definition) is 5. The van der Waals surface area contributed by atoms with E-state index in [9.17, 15) is 0 Å². The molecule has 1 aromatic heterocycles. The Morgan fingerprint density at radius 3 is 2.76 bits per heavy atom. The van der Waals surface area contributed by atoms with Gasteiger partial charge in [-0.2, -0.15) is 4.98 Å². The Morgan fingerprint density at radius 2 is 2.05 bits per heavy atom. The fraction of sp³-hybridized carbons (Fsp3) is 0.467. The van der Waals surface area contributed by atoms with Crippen LogP contribution in [0.25, 0.3) is 0 Å². The lowest BCUT2D eigenvalue weighted by atomic mass is 10.3. The molecule has 0 saturated heterocycles. The summed E-state index contributed by atoms with van der Waals surface area (Å²) in [5.41, 5.74) is 0. The van der Waals surface area contributed by atoms with Crippen molar-refractivity contribution in [1.82, 2.24) is 15.5 Å². The molecule has 0 bridgehead atoms. The van der Waals surface area contributed by atoms with Crippen LogP contribution in [-0.4, -0.2) is 22.7 Å². The molecule has 4 nitrogen and oxygen atoms in total. The molecule has 2 aromatic rings. The van der Waals surface area contributed by atoms with Gasteiger partial charge in [-0.25, -0.2) is 0 Å². The zero-order valence-electron chi connectivity index (χ0n) is 12.3. The van der Waals surface area contributed by atoms with Gasteiger partial charge in [-0.15, -0.1) is 11.8 Å². The first kappa shape index (κ1) is 16.5. The average molecular weight is 370 g/mol. The SMILES string of the molecule is CC(C)NCCCc1nc(CSc2ccc(Br)cc2)no1. The van der Waals surface area contributed by atoms with Gasteiger partial charge in [-0.1, -0.05) is 34.9 Å². The molecule has 0 aliphatic carbocycles. The Kier molecular flexibility index (Phi) is 6.73. The molecule has 0 unspecified atom stereocenters. The van der Waals surface area contributed by atoms with Crippen molar-refractivity contribution in [3.8, 4) is 0 Å². The standard InChI is InChI=1S/C15H20BrN3OS/c1-11(2)17-9-3-4-15-18-14(19-20-15)10-21-13-7-5-12(16)6-8-13/h5-8,11,17H,3-4,9-10H2,1-2H3. The zero-order valence-corrected chi connectivity index (χ0v) is 14.7. The smallest absolute Gasteiger partial charge is 0.226 e. The summed E-state index contributed by atoms with van der Waals surface area (Å²) in [5.74, 6) is 2.22. The van der Waals surface area contributed by atoms with E-state index in [0.29, 0.717) is 6.04 Å². The molecule has 0 aliphatic rings. The Balaban J connectivity index is 1.73. The first-order chi connectivity index (χ1) is 10.1. The molecule has 2 rings (SSSR count). The number of nitrogens with one attached hydrogen (secondary N) is 1. The summed E-state index contributed by atoms with van der Waals surface area (Å²) >= 11 is 5.14. The molecule has 0 saturated carbocycles. The highest BCUT2D eigenvalue weighted by molar-refractivity contribution is 9.10. The summed E-state index contributed by atoms with van der Waals surface area (Å²) in [7, 11) is 0. The van der Waals surface area contributed by atoms with Crippen molar-refractivity contribution in [2.45, 2.75) is 43.4 Å². The van der Waals surface area contributed by atoms with Crippen molar-refractivity contribution < 1.29 is 4.52 Å². The van der Waals surface area contributed by atoms with E-state index in [2.05, 4.69) is 57.4 Å². The van der Waals surface area contributed by atoms with Crippen molar-refractivity contribution in [1.29, 1.82) is 0 Å². The molecule has 1 aromatic carbocycles. The van der Waals surface area contributed by atoms with Gasteiger partial charge in [0.1, 0.15) is 0 Å². The number of aromatic nitrogens is 2. The maximum Gasteiger partial charge on any atom is 0.226 e. The summed E-state index contributed by atoms with van der Waals surface area (Å²) in [6.45, 7) is 5.26. The van der Waals surface area contributed by atoms with Crippen LogP contribution < -0.4 is 5.32 Å². The van der Waals surface area contributed by atoms with Gasteiger partial charge in [0.15, 0.2) is 5.82 Å². The molecule has 1 N–H and O–H groups in total. The number of halogens is 1. The van der Waals surface area contributed by atoms with E-state index in [4.69, 9.17) is 4.52 Å². The summed E-state index contributed by atoms with van der Waals surface area (Å²) < 4.78 is 6.36. The van der Waals surface area contributed by atoms with Crippen molar-refractivity contribution >= 4 is 27.7 Å². The maximum atomic E-state index is 5.27. The van der Waals surface area contributed by atoms with Crippen LogP contribution in [0.2, 0.25) is 0 Å². The predicted octanol–water partition coefficient (Wildman–Crippen LogP) is 4.06. The van der Waals surface area contributed by atoms with E-state index in [1.54, 1.807) is 11.8 Å². The number of rotatable bonds is 8. The lowest BCUT2D eigenvalue weighted by Gasteiger charge is -2.05. The Labute approximate surface area is 138 Å². The molecule has 1 heterocycles. The second kappa shape index (κ2) is 8.56. The minimum absolute atomic E-state index is 0.519. The summed E-state index contributed by atoms with van der Waals surface area (Å²) in [5, 5.41) is 7.40. The van der Waals surface area contributed by atoms with E-state index >= 15 is 0 Å². The average Bonchev–Trinajstić information content (AvgIpc) is 2.91. The number of hydrogen-bond donors (Lipinski definition) is 1. The maximum absolute atomic E-state index is 5.27. The molecule has 6 heteroatoms. The van der Waals surface area contributed by atoms with Crippen LogP contribution in [0.3, 0.4) is 0 Å². The van der Waals surface area contributed by atoms with Crippen LogP contribution in [0.4, 0.5) is 0 Å². The third-order valence-electron chi connectivity index (χ3n) is 2.81. The van der Waals surface area contributed by atoms with E-state index < -0.39 is 0 Å². The summed E-state index contributed by atoms with van der Waals surface area (Å²) in [6, 6.07) is 8.74. The van der Waals surface area contributed by atoms with Crippen LogP contribution in [-0.2, 0) is 12.2 Å². The fourth-order valence-electron chi connectivity index (χ4n) is 1.76. The van der Waals surface area contributed by atoms with Gasteiger partial charge < -0.3 is 9.84 Å². The van der Waals surface area contributed by atoms with Crippen molar-refractivity contribution in [2.75, 3.05) is 6.54 Å². The molecule has 0 spiro atoms. The molecular formula is C15H20BrN3OS. The van der Waals surface area contributed by atoms with Crippen LogP contribution in [0.1, 0.15) is 32.0 Å². The Morgan fingerprint density at radius 1 is 1.29 bits per heavy atom. The lowest BCUT2D eigenvalue weighted by Crippen LogP contribution is -2.23. The first-order valence-electron chi connectivity index (χ1n) is 7.06. The van der Waals surface area contributed by atoms with E-state index in [1.807, 2.05) is 12.1 Å². The highest BCUT2D eigenvalue weighted by Crippen LogP contribution is 2.23. The second-order valence-electron chi connectivity index (χ2n) is 5.06. The number of thioether (sulfide) groups is 1. The third kappa shape index (κ3) is 6.20. The molecule has 0 radical (unpaired) electrons. The first-order valence-corrected chi connectivity index (χ1v) is 8.84. The molecule has 0 amide bonds. The predicted molar refractivity (Wildman–Crippen MR) is 89.5 cm³/mol. The van der Waals surface area contributed by atoms with Crippen LogP contribution >= 0.6 is 27.7 Å². The highest BCUT2D eigenvalue weighted by Gasteiger charge is 2.07. The molecular weight excluding hydrogens is 350 g/mol. The van der Waals surface area contributed by atoms with Crippen molar-refractivity contribution in [3.63, 3.8) is 0 Å². The van der Waals surface area contributed by atoms with Gasteiger partial charge in [-0.3, -0.25) is 0 Å². The quantitative estimate of drug-likeness (QED) is 0.561. The summed E-state index contributed by atoms with van der Waals surface area (Å²) in [4.78, 5) is 5.62. The molecule has 0 atom stereocenters. The Hall–Kier alpha value is -0.850. The van der Waals surface area contributed by atoms with Crippen LogP contribution in [0.5, 0.6) is 0 Å². The van der Waals surface area contributed by atoms with Gasteiger partial charge in [0, 0.05) is 21.8 Å². The molecule has 114 valence electrons. The zero-order chi connectivity index (χ0) is 15.1. The fourth-order valence-corrected chi connectivity index (χ4v) is 2.77. The Bertz CT molecular complexity index is 542. The number of benzene rings is 1. The van der Waals surface area contributed by atoms with E-state index in [1.165, 1.54) is 4.90 Å². The van der Waals surface area contributed by atoms with Crippen molar-refractivity contribution in [2.24, 2.45) is 0 Å². The minimum atomic E-state index is 0.519. The highest BCUT2D eigenvalue weighted by atomic mass is 79.9. The summed E-state index contributed by atoms with van der Waals surface area (Å²) in [6.07, 6.45) is 1.84. The van der Waals surface area contributed by atoms with Crippen LogP contribution in [0.15, 0.2) is 38.2 Å². The van der Waals surface area contributed by atoms with Gasteiger partial charge in [0.2, 0.25) is 5.89 Å².